The number of amides is 1. The van der Waals surface area contributed by atoms with Crippen molar-refractivity contribution < 1.29 is 14.3 Å². The predicted molar refractivity (Wildman–Crippen MR) is 103 cm³/mol. The van der Waals surface area contributed by atoms with Gasteiger partial charge >= 0.3 is 5.97 Å². The summed E-state index contributed by atoms with van der Waals surface area (Å²) in [5.74, 6) is -0.810. The quantitative estimate of drug-likeness (QED) is 0.530. The van der Waals surface area contributed by atoms with Crippen molar-refractivity contribution in [3.05, 3.63) is 70.7 Å². The first-order valence-electron chi connectivity index (χ1n) is 7.95. The second-order valence-corrected chi connectivity index (χ2v) is 6.60. The molecule has 0 atom stereocenters. The van der Waals surface area contributed by atoms with Gasteiger partial charge in [-0.05, 0) is 49.8 Å². The Morgan fingerprint density at radius 3 is 2.48 bits per heavy atom. The topological polar surface area (TPSA) is 46.6 Å². The van der Waals surface area contributed by atoms with Crippen molar-refractivity contribution in [2.75, 3.05) is 11.5 Å². The van der Waals surface area contributed by atoms with E-state index in [1.54, 1.807) is 11.0 Å². The van der Waals surface area contributed by atoms with Gasteiger partial charge in [0.1, 0.15) is 0 Å². The van der Waals surface area contributed by atoms with Crippen LogP contribution in [0.3, 0.4) is 0 Å². The van der Waals surface area contributed by atoms with E-state index < -0.39 is 5.97 Å². The molecule has 2 rings (SSSR count). The first-order valence-corrected chi connectivity index (χ1v) is 8.74. The van der Waals surface area contributed by atoms with Gasteiger partial charge in [-0.2, -0.15) is 0 Å². The normalized spacial score (nSPS) is 10.9. The van der Waals surface area contributed by atoms with Gasteiger partial charge in [0.25, 0.3) is 5.91 Å². The standard InChI is InChI=1S/C20H20BrNO3/c1-15(2)22(18-9-4-3-5-10-18)19(23)14-25-20(24)12-11-16-7-6-8-17(21)13-16/h3-13,15H,14H2,1-2H3/b12-11+. The lowest BCUT2D eigenvalue weighted by molar-refractivity contribution is -0.143. The highest BCUT2D eigenvalue weighted by molar-refractivity contribution is 9.10. The number of rotatable bonds is 6. The average Bonchev–Trinajstić information content (AvgIpc) is 2.59. The van der Waals surface area contributed by atoms with E-state index in [1.807, 2.05) is 68.4 Å². The molecular weight excluding hydrogens is 382 g/mol. The molecule has 0 saturated carbocycles. The van der Waals surface area contributed by atoms with Crippen molar-refractivity contribution in [3.63, 3.8) is 0 Å². The molecule has 0 aromatic heterocycles. The highest BCUT2D eigenvalue weighted by Crippen LogP contribution is 2.17. The van der Waals surface area contributed by atoms with Gasteiger partial charge in [-0.1, -0.05) is 46.3 Å². The largest absolute Gasteiger partial charge is 0.452 e. The number of carbonyl (C=O) groups excluding carboxylic acids is 2. The minimum atomic E-state index is -0.551. The van der Waals surface area contributed by atoms with Crippen LogP contribution in [0.1, 0.15) is 19.4 Å². The highest BCUT2D eigenvalue weighted by Gasteiger charge is 2.19. The van der Waals surface area contributed by atoms with E-state index in [0.717, 1.165) is 15.7 Å². The summed E-state index contributed by atoms with van der Waals surface area (Å²) in [4.78, 5) is 25.9. The zero-order valence-electron chi connectivity index (χ0n) is 14.2. The third kappa shape index (κ3) is 5.87. The van der Waals surface area contributed by atoms with E-state index in [1.165, 1.54) is 6.08 Å². The number of anilines is 1. The monoisotopic (exact) mass is 401 g/mol. The van der Waals surface area contributed by atoms with Gasteiger partial charge in [0.2, 0.25) is 0 Å². The van der Waals surface area contributed by atoms with E-state index in [0.29, 0.717) is 0 Å². The van der Waals surface area contributed by atoms with Crippen LogP contribution in [0.4, 0.5) is 5.69 Å². The second-order valence-electron chi connectivity index (χ2n) is 5.69. The Balaban J connectivity index is 1.94. The van der Waals surface area contributed by atoms with Crippen LogP contribution in [0.2, 0.25) is 0 Å². The fourth-order valence-electron chi connectivity index (χ4n) is 2.34. The Labute approximate surface area is 156 Å². The number of nitrogens with zero attached hydrogens (tertiary/aromatic N) is 1. The number of hydrogen-bond acceptors (Lipinski definition) is 3. The Kier molecular flexibility index (Phi) is 6.95. The molecule has 2 aromatic carbocycles. The summed E-state index contributed by atoms with van der Waals surface area (Å²) in [5, 5.41) is 0. The second kappa shape index (κ2) is 9.18. The number of carbonyl (C=O) groups is 2. The molecule has 0 fully saturated rings. The molecular formula is C20H20BrNO3. The number of halogens is 1. The molecule has 0 saturated heterocycles. The smallest absolute Gasteiger partial charge is 0.331 e. The van der Waals surface area contributed by atoms with Crippen molar-refractivity contribution in [2.45, 2.75) is 19.9 Å². The van der Waals surface area contributed by atoms with Crippen molar-refractivity contribution in [1.82, 2.24) is 0 Å². The summed E-state index contributed by atoms with van der Waals surface area (Å²) in [7, 11) is 0. The van der Waals surface area contributed by atoms with E-state index >= 15 is 0 Å². The molecule has 130 valence electrons. The Morgan fingerprint density at radius 1 is 1.12 bits per heavy atom. The zero-order chi connectivity index (χ0) is 18.2. The molecule has 0 N–H and O–H groups in total. The third-order valence-corrected chi connectivity index (χ3v) is 3.91. The van der Waals surface area contributed by atoms with Gasteiger partial charge in [0.15, 0.2) is 6.61 Å². The summed E-state index contributed by atoms with van der Waals surface area (Å²) in [6.07, 6.45) is 2.96. The molecule has 5 heteroatoms. The van der Waals surface area contributed by atoms with Crippen molar-refractivity contribution >= 4 is 39.6 Å². The average molecular weight is 402 g/mol. The van der Waals surface area contributed by atoms with Crippen molar-refractivity contribution in [3.8, 4) is 0 Å². The third-order valence-electron chi connectivity index (χ3n) is 3.42. The predicted octanol–water partition coefficient (Wildman–Crippen LogP) is 4.45. The molecule has 0 aliphatic rings. The summed E-state index contributed by atoms with van der Waals surface area (Å²) in [5.41, 5.74) is 1.65. The van der Waals surface area contributed by atoms with Crippen LogP contribution < -0.4 is 4.90 Å². The van der Waals surface area contributed by atoms with Gasteiger partial charge in [0.05, 0.1) is 0 Å². The lowest BCUT2D eigenvalue weighted by Gasteiger charge is -2.26. The van der Waals surface area contributed by atoms with Crippen molar-refractivity contribution in [2.24, 2.45) is 0 Å². The maximum Gasteiger partial charge on any atom is 0.331 e. The van der Waals surface area contributed by atoms with E-state index in [4.69, 9.17) is 4.74 Å². The van der Waals surface area contributed by atoms with E-state index in [-0.39, 0.29) is 18.6 Å². The van der Waals surface area contributed by atoms with Gasteiger partial charge in [-0.15, -0.1) is 0 Å². The van der Waals surface area contributed by atoms with Crippen LogP contribution in [0.5, 0.6) is 0 Å². The molecule has 4 nitrogen and oxygen atoms in total. The Morgan fingerprint density at radius 2 is 1.84 bits per heavy atom. The van der Waals surface area contributed by atoms with Crippen LogP contribution in [0.15, 0.2) is 65.1 Å². The van der Waals surface area contributed by atoms with Crippen LogP contribution in [0.25, 0.3) is 6.08 Å². The highest BCUT2D eigenvalue weighted by atomic mass is 79.9. The Hall–Kier alpha value is -2.40. The Bertz CT molecular complexity index is 757. The zero-order valence-corrected chi connectivity index (χ0v) is 15.8. The first kappa shape index (κ1) is 18.9. The molecule has 0 aliphatic heterocycles. The molecule has 0 spiro atoms. The number of benzene rings is 2. The van der Waals surface area contributed by atoms with E-state index in [2.05, 4.69) is 15.9 Å². The summed E-state index contributed by atoms with van der Waals surface area (Å²) in [6, 6.07) is 16.8. The van der Waals surface area contributed by atoms with Gasteiger partial charge in [0, 0.05) is 22.3 Å². The lowest BCUT2D eigenvalue weighted by Crippen LogP contribution is -2.39. The van der Waals surface area contributed by atoms with Gasteiger partial charge in [-0.3, -0.25) is 4.79 Å². The maximum atomic E-state index is 12.4. The summed E-state index contributed by atoms with van der Waals surface area (Å²) in [6.45, 7) is 3.54. The van der Waals surface area contributed by atoms with Crippen LogP contribution in [-0.4, -0.2) is 24.5 Å². The fourth-order valence-corrected chi connectivity index (χ4v) is 2.76. The lowest BCUT2D eigenvalue weighted by atomic mass is 10.2. The van der Waals surface area contributed by atoms with Gasteiger partial charge < -0.3 is 9.64 Å². The number of hydrogen-bond donors (Lipinski definition) is 0. The summed E-state index contributed by atoms with van der Waals surface area (Å²) >= 11 is 3.37. The van der Waals surface area contributed by atoms with Crippen molar-refractivity contribution in [1.29, 1.82) is 0 Å². The molecule has 25 heavy (non-hydrogen) atoms. The minimum Gasteiger partial charge on any atom is -0.452 e. The molecule has 2 aromatic rings. The van der Waals surface area contributed by atoms with Crippen LogP contribution >= 0.6 is 15.9 Å². The molecule has 0 aliphatic carbocycles. The number of esters is 1. The molecule has 0 radical (unpaired) electrons. The SMILES string of the molecule is CC(C)N(C(=O)COC(=O)/C=C/c1cccc(Br)c1)c1ccccc1. The molecule has 0 unspecified atom stereocenters. The fraction of sp³-hybridized carbons (Fsp3) is 0.200. The van der Waals surface area contributed by atoms with Crippen LogP contribution in [-0.2, 0) is 14.3 Å². The molecule has 0 bridgehead atoms. The van der Waals surface area contributed by atoms with Crippen LogP contribution in [0, 0.1) is 0 Å². The molecule has 1 amide bonds. The number of ether oxygens (including phenoxy) is 1. The van der Waals surface area contributed by atoms with Gasteiger partial charge in [-0.25, -0.2) is 4.79 Å². The maximum absolute atomic E-state index is 12.4. The first-order chi connectivity index (χ1) is 12.0. The minimum absolute atomic E-state index is 0.0363. The van der Waals surface area contributed by atoms with E-state index in [9.17, 15) is 9.59 Å². The molecule has 0 heterocycles. The summed E-state index contributed by atoms with van der Waals surface area (Å²) < 4.78 is 6.00. The number of para-hydroxylation sites is 1.